The first-order chi connectivity index (χ1) is 8.53. The number of benzene rings is 1. The second-order valence-corrected chi connectivity index (χ2v) is 6.70. The van der Waals surface area contributed by atoms with Crippen LogP contribution >= 0.6 is 27.5 Å². The van der Waals surface area contributed by atoms with E-state index in [1.165, 1.54) is 0 Å². The summed E-state index contributed by atoms with van der Waals surface area (Å²) in [7, 11) is 0. The van der Waals surface area contributed by atoms with Crippen molar-refractivity contribution in [2.45, 2.75) is 51.0 Å². The smallest absolute Gasteiger partial charge is 0.122 e. The molecular weight excluding hydrogens is 312 g/mol. The minimum Gasteiger partial charge on any atom is -0.489 e. The third-order valence-corrected chi connectivity index (χ3v) is 5.93. The average molecular weight is 332 g/mol. The number of ether oxygens (including phenoxy) is 1. The Hall–Kier alpha value is -0.210. The van der Waals surface area contributed by atoms with Crippen LogP contribution in [0.2, 0.25) is 5.02 Å². The van der Waals surface area contributed by atoms with E-state index < -0.39 is 0 Å². The quantitative estimate of drug-likeness (QED) is 0.674. The third-order valence-electron chi connectivity index (χ3n) is 4.41. The van der Waals surface area contributed by atoms with Crippen LogP contribution in [0.1, 0.15) is 38.7 Å². The van der Waals surface area contributed by atoms with Crippen LogP contribution in [-0.4, -0.2) is 10.9 Å². The summed E-state index contributed by atoms with van der Waals surface area (Å²) in [4.78, 5) is 0.581. The van der Waals surface area contributed by atoms with Gasteiger partial charge in [-0.05, 0) is 49.9 Å². The van der Waals surface area contributed by atoms with Crippen molar-refractivity contribution in [2.24, 2.45) is 5.41 Å². The van der Waals surface area contributed by atoms with Gasteiger partial charge in [0.15, 0.2) is 0 Å². The Labute approximate surface area is 123 Å². The number of alkyl halides is 1. The third kappa shape index (κ3) is 2.30. The molecule has 0 aliphatic heterocycles. The molecule has 0 aromatic heterocycles. The molecule has 2 rings (SSSR count). The Morgan fingerprint density at radius 3 is 2.56 bits per heavy atom. The summed E-state index contributed by atoms with van der Waals surface area (Å²) in [6.45, 7) is 6.55. The zero-order chi connectivity index (χ0) is 13.3. The fourth-order valence-corrected chi connectivity index (χ4v) is 4.42. The highest BCUT2D eigenvalue weighted by Gasteiger charge is 2.53. The molecule has 0 spiro atoms. The average Bonchev–Trinajstić information content (AvgIpc) is 2.33. The predicted octanol–water partition coefficient (Wildman–Crippen LogP) is 5.37. The molecule has 1 fully saturated rings. The maximum absolute atomic E-state index is 6.22. The molecular formula is C15H20BrClO. The SMILES string of the molecule is CCC1(CC)C(Br)CC1Oc1ccc(Cl)cc1C. The number of halogens is 2. The molecule has 0 saturated heterocycles. The van der Waals surface area contributed by atoms with Crippen molar-refractivity contribution in [1.82, 2.24) is 0 Å². The van der Waals surface area contributed by atoms with Crippen LogP contribution in [-0.2, 0) is 0 Å². The largest absolute Gasteiger partial charge is 0.489 e. The second kappa shape index (κ2) is 5.42. The lowest BCUT2D eigenvalue weighted by Gasteiger charge is -2.52. The Kier molecular flexibility index (Phi) is 4.28. The first-order valence-electron chi connectivity index (χ1n) is 6.60. The van der Waals surface area contributed by atoms with Crippen LogP contribution in [0.3, 0.4) is 0 Å². The van der Waals surface area contributed by atoms with Gasteiger partial charge in [-0.15, -0.1) is 0 Å². The Morgan fingerprint density at radius 2 is 2.06 bits per heavy atom. The van der Waals surface area contributed by atoms with Crippen LogP contribution in [0.25, 0.3) is 0 Å². The normalized spacial score (nSPS) is 25.6. The molecule has 0 radical (unpaired) electrons. The predicted molar refractivity (Wildman–Crippen MR) is 81.0 cm³/mol. The number of hydrogen-bond donors (Lipinski definition) is 0. The monoisotopic (exact) mass is 330 g/mol. The minimum absolute atomic E-state index is 0.284. The van der Waals surface area contributed by atoms with Gasteiger partial charge >= 0.3 is 0 Å². The van der Waals surface area contributed by atoms with E-state index in [1.807, 2.05) is 25.1 Å². The fourth-order valence-electron chi connectivity index (χ4n) is 2.91. The van der Waals surface area contributed by atoms with Crippen LogP contribution in [0, 0.1) is 12.3 Å². The van der Waals surface area contributed by atoms with E-state index >= 15 is 0 Å². The Morgan fingerprint density at radius 1 is 1.39 bits per heavy atom. The maximum atomic E-state index is 6.22. The summed E-state index contributed by atoms with van der Waals surface area (Å²) in [5, 5.41) is 0.768. The standard InChI is InChI=1S/C15H20BrClO/c1-4-15(5-2)13(16)9-14(15)18-12-7-6-11(17)8-10(12)3/h6-8,13-14H,4-5,9H2,1-3H3. The summed E-state index contributed by atoms with van der Waals surface area (Å²) in [5.41, 5.74) is 1.40. The highest BCUT2D eigenvalue weighted by Crippen LogP contribution is 2.52. The lowest BCUT2D eigenvalue weighted by atomic mass is 9.62. The number of hydrogen-bond acceptors (Lipinski definition) is 1. The zero-order valence-corrected chi connectivity index (χ0v) is 13.5. The Balaban J connectivity index is 2.15. The molecule has 1 aliphatic rings. The number of aryl methyl sites for hydroxylation is 1. The molecule has 0 heterocycles. The molecule has 2 unspecified atom stereocenters. The van der Waals surface area contributed by atoms with Gasteiger partial charge in [0.1, 0.15) is 11.9 Å². The molecule has 1 saturated carbocycles. The molecule has 100 valence electrons. The van der Waals surface area contributed by atoms with Gasteiger partial charge in [0.05, 0.1) is 0 Å². The van der Waals surface area contributed by atoms with Gasteiger partial charge in [0.25, 0.3) is 0 Å². The molecule has 0 N–H and O–H groups in total. The molecule has 1 aromatic rings. The van der Waals surface area contributed by atoms with E-state index in [0.29, 0.717) is 10.9 Å². The zero-order valence-electron chi connectivity index (χ0n) is 11.2. The van der Waals surface area contributed by atoms with Crippen molar-refractivity contribution < 1.29 is 4.74 Å². The molecule has 1 aromatic carbocycles. The summed E-state index contributed by atoms with van der Waals surface area (Å²) in [6.07, 6.45) is 3.70. The van der Waals surface area contributed by atoms with Crippen LogP contribution < -0.4 is 4.74 Å². The highest BCUT2D eigenvalue weighted by molar-refractivity contribution is 9.09. The maximum Gasteiger partial charge on any atom is 0.122 e. The summed E-state index contributed by atoms with van der Waals surface area (Å²) >= 11 is 9.76. The molecule has 3 heteroatoms. The van der Waals surface area contributed by atoms with E-state index in [1.54, 1.807) is 0 Å². The molecule has 2 atom stereocenters. The molecule has 0 amide bonds. The van der Waals surface area contributed by atoms with E-state index in [9.17, 15) is 0 Å². The van der Waals surface area contributed by atoms with E-state index in [-0.39, 0.29) is 5.41 Å². The van der Waals surface area contributed by atoms with Crippen molar-refractivity contribution in [1.29, 1.82) is 0 Å². The summed E-state index contributed by atoms with van der Waals surface area (Å²) in [6, 6.07) is 5.84. The van der Waals surface area contributed by atoms with Gasteiger partial charge in [-0.2, -0.15) is 0 Å². The van der Waals surface area contributed by atoms with Gasteiger partial charge in [0.2, 0.25) is 0 Å². The van der Waals surface area contributed by atoms with Crippen molar-refractivity contribution in [3.8, 4) is 5.75 Å². The van der Waals surface area contributed by atoms with Gasteiger partial charge in [-0.1, -0.05) is 41.4 Å². The minimum atomic E-state index is 0.284. The molecule has 18 heavy (non-hydrogen) atoms. The van der Waals surface area contributed by atoms with E-state index in [2.05, 4.69) is 29.8 Å². The first-order valence-corrected chi connectivity index (χ1v) is 7.89. The van der Waals surface area contributed by atoms with Crippen molar-refractivity contribution in [3.63, 3.8) is 0 Å². The summed E-state index contributed by atoms with van der Waals surface area (Å²) < 4.78 is 6.22. The summed E-state index contributed by atoms with van der Waals surface area (Å²) in [5.74, 6) is 0.968. The number of rotatable bonds is 4. The van der Waals surface area contributed by atoms with Gasteiger partial charge in [0, 0.05) is 15.3 Å². The topological polar surface area (TPSA) is 9.23 Å². The van der Waals surface area contributed by atoms with Gasteiger partial charge in [-0.3, -0.25) is 0 Å². The van der Waals surface area contributed by atoms with Crippen molar-refractivity contribution >= 4 is 27.5 Å². The van der Waals surface area contributed by atoms with Crippen LogP contribution in [0.5, 0.6) is 5.75 Å². The van der Waals surface area contributed by atoms with Crippen LogP contribution in [0.4, 0.5) is 0 Å². The second-order valence-electron chi connectivity index (χ2n) is 5.16. The van der Waals surface area contributed by atoms with E-state index in [0.717, 1.165) is 35.6 Å². The highest BCUT2D eigenvalue weighted by atomic mass is 79.9. The first kappa shape index (κ1) is 14.2. The molecule has 1 aliphatic carbocycles. The van der Waals surface area contributed by atoms with Gasteiger partial charge in [-0.25, -0.2) is 0 Å². The molecule has 1 nitrogen and oxygen atoms in total. The lowest BCUT2D eigenvalue weighted by molar-refractivity contribution is -0.0414. The van der Waals surface area contributed by atoms with Gasteiger partial charge < -0.3 is 4.74 Å². The fraction of sp³-hybridized carbons (Fsp3) is 0.600. The lowest BCUT2D eigenvalue weighted by Crippen LogP contribution is -2.56. The molecule has 0 bridgehead atoms. The van der Waals surface area contributed by atoms with Crippen LogP contribution in [0.15, 0.2) is 18.2 Å². The van der Waals surface area contributed by atoms with E-state index in [4.69, 9.17) is 16.3 Å². The van der Waals surface area contributed by atoms with Crippen molar-refractivity contribution in [2.75, 3.05) is 0 Å². The Bertz CT molecular complexity index is 429. The van der Waals surface area contributed by atoms with Crippen molar-refractivity contribution in [3.05, 3.63) is 28.8 Å².